The van der Waals surface area contributed by atoms with Gasteiger partial charge in [-0.2, -0.15) is 0 Å². The first-order valence-corrected chi connectivity index (χ1v) is 9.19. The fraction of sp³-hybridized carbons (Fsp3) is 0.286. The van der Waals surface area contributed by atoms with Crippen LogP contribution in [-0.2, 0) is 22.4 Å². The molecule has 0 spiro atoms. The van der Waals surface area contributed by atoms with Crippen LogP contribution in [0.4, 0.5) is 0 Å². The molecular weight excluding hydrogens is 500 g/mol. The molecule has 26 heavy (non-hydrogen) atoms. The number of hydrogen-bond donors (Lipinski definition) is 0. The molecule has 0 bridgehead atoms. The van der Waals surface area contributed by atoms with Crippen LogP contribution in [0.25, 0.3) is 0 Å². The van der Waals surface area contributed by atoms with Gasteiger partial charge in [-0.25, -0.2) is 0 Å². The average molecular weight is 525 g/mol. The van der Waals surface area contributed by atoms with Gasteiger partial charge in [0.1, 0.15) is 12.0 Å². The van der Waals surface area contributed by atoms with E-state index >= 15 is 0 Å². The molecule has 1 atom stereocenters. The predicted octanol–water partition coefficient (Wildman–Crippen LogP) is 2.79. The number of benzene rings is 2. The molecule has 143 valence electrons. The summed E-state index contributed by atoms with van der Waals surface area (Å²) in [5.41, 5.74) is 2.68. The number of nitrogens with zero attached hydrogens (tertiary/aromatic N) is 2. The van der Waals surface area contributed by atoms with Gasteiger partial charge in [-0.15, -0.1) is 0 Å². The molecule has 0 saturated heterocycles. The van der Waals surface area contributed by atoms with Gasteiger partial charge in [0, 0.05) is 22.8 Å². The summed E-state index contributed by atoms with van der Waals surface area (Å²) in [6.45, 7) is 11.0. The molecule has 1 unspecified atom stereocenters. The van der Waals surface area contributed by atoms with Crippen molar-refractivity contribution in [3.63, 3.8) is 0 Å². The fourth-order valence-electron chi connectivity index (χ4n) is 2.57. The topological polar surface area (TPSA) is 6.48 Å². The molecule has 0 amide bonds. The van der Waals surface area contributed by atoms with Gasteiger partial charge in [0.05, 0.1) is 0 Å². The van der Waals surface area contributed by atoms with E-state index in [0.29, 0.717) is 0 Å². The second-order valence-corrected chi connectivity index (χ2v) is 8.29. The number of aryl methyl sites for hydroxylation is 1. The summed E-state index contributed by atoms with van der Waals surface area (Å²) < 4.78 is 0. The van der Waals surface area contributed by atoms with Gasteiger partial charge in [-0.05, 0) is 45.4 Å². The number of hydrogen-bond acceptors (Lipinski definition) is 3. The second-order valence-electron chi connectivity index (χ2n) is 7.13. The molecule has 1 heterocycles. The monoisotopic (exact) mass is 523 g/mol. The molecule has 0 aliphatic carbocycles. The van der Waals surface area contributed by atoms with Crippen LogP contribution in [0.15, 0.2) is 71.9 Å². The van der Waals surface area contributed by atoms with Crippen molar-refractivity contribution in [1.29, 1.82) is 0 Å². The molecule has 2 nitrogen and oxygen atoms in total. The zero-order valence-corrected chi connectivity index (χ0v) is 19.4. The van der Waals surface area contributed by atoms with Gasteiger partial charge in [-0.1, -0.05) is 59.8 Å². The van der Waals surface area contributed by atoms with E-state index in [0.717, 1.165) is 0 Å². The number of halogens is 1. The van der Waals surface area contributed by atoms with Crippen LogP contribution in [0.2, 0.25) is 0 Å². The maximum atomic E-state index is 2.30. The van der Waals surface area contributed by atoms with Crippen molar-refractivity contribution < 1.29 is 39.4 Å². The summed E-state index contributed by atoms with van der Waals surface area (Å²) in [6.07, 6.45) is 4.33. The first kappa shape index (κ1) is 23.4. The third-order valence-electron chi connectivity index (χ3n) is 4.06. The van der Waals surface area contributed by atoms with Crippen molar-refractivity contribution in [3.05, 3.63) is 84.8 Å². The van der Waals surface area contributed by atoms with E-state index in [1.165, 1.54) is 16.0 Å². The standard InChI is InChI=1S/C21H25N2S.Ag.BrH/c1-17-10-12-19(13-11-17)24-20(18-8-6-5-7-9-18)22-14-15-23(16-22)21(2,3)4;;/h5-16,20H,1-4H3;;1H/q;+1;/p-1. The van der Waals surface area contributed by atoms with Crippen LogP contribution < -0.4 is 17.0 Å². The summed E-state index contributed by atoms with van der Waals surface area (Å²) >= 11 is 1.88. The Labute approximate surface area is 188 Å². The number of rotatable bonds is 4. The van der Waals surface area contributed by atoms with E-state index in [9.17, 15) is 0 Å². The largest absolute Gasteiger partial charge is 1.00 e. The van der Waals surface area contributed by atoms with Gasteiger partial charge in [0.15, 0.2) is 0 Å². The summed E-state index contributed by atoms with van der Waals surface area (Å²) in [4.78, 5) is 5.84. The Hall–Kier alpha value is -0.650. The molecule has 1 radical (unpaired) electrons. The van der Waals surface area contributed by atoms with Gasteiger partial charge < -0.3 is 26.8 Å². The quantitative estimate of drug-likeness (QED) is 0.448. The Bertz CT molecular complexity index is 698. The van der Waals surface area contributed by atoms with Crippen LogP contribution in [-0.4, -0.2) is 15.3 Å². The van der Waals surface area contributed by atoms with E-state index in [1.54, 1.807) is 0 Å². The first-order valence-electron chi connectivity index (χ1n) is 8.31. The second kappa shape index (κ2) is 10.0. The minimum absolute atomic E-state index is 0. The van der Waals surface area contributed by atoms with E-state index < -0.39 is 0 Å². The van der Waals surface area contributed by atoms with E-state index in [4.69, 9.17) is 0 Å². The average Bonchev–Trinajstić information content (AvgIpc) is 3.05. The molecule has 0 saturated carbocycles. The van der Waals surface area contributed by atoms with Crippen molar-refractivity contribution in [1.82, 2.24) is 9.80 Å². The van der Waals surface area contributed by atoms with Crippen molar-refractivity contribution in [2.75, 3.05) is 0 Å². The van der Waals surface area contributed by atoms with E-state index in [-0.39, 0.29) is 50.3 Å². The third kappa shape index (κ3) is 5.93. The van der Waals surface area contributed by atoms with Crippen LogP contribution in [0.5, 0.6) is 0 Å². The Morgan fingerprint density at radius 1 is 0.885 bits per heavy atom. The molecule has 0 N–H and O–H groups in total. The van der Waals surface area contributed by atoms with Crippen LogP contribution in [0, 0.1) is 13.6 Å². The fourth-order valence-corrected chi connectivity index (χ4v) is 3.66. The van der Waals surface area contributed by atoms with E-state index in [1.807, 2.05) is 11.8 Å². The SMILES string of the molecule is Cc1ccc(SC(c2ccccc2)N2[CH]N(C(C)(C)C)C=C2)cc1.[Ag+].[Br-]. The van der Waals surface area contributed by atoms with Crippen molar-refractivity contribution >= 4 is 11.8 Å². The molecular formula is C21H25AgBrN2S. The minimum atomic E-state index is 0. The Balaban J connectivity index is 0.00000169. The molecule has 0 fully saturated rings. The van der Waals surface area contributed by atoms with Crippen molar-refractivity contribution in [2.45, 2.75) is 43.5 Å². The minimum Gasteiger partial charge on any atom is -1.00 e. The zero-order chi connectivity index (χ0) is 17.2. The Morgan fingerprint density at radius 3 is 2.04 bits per heavy atom. The maximum Gasteiger partial charge on any atom is 1.00 e. The Kier molecular flexibility index (Phi) is 9.04. The molecule has 5 heteroatoms. The summed E-state index contributed by atoms with van der Waals surface area (Å²) in [6, 6.07) is 19.5. The Morgan fingerprint density at radius 2 is 1.50 bits per heavy atom. The molecule has 2 aromatic rings. The van der Waals surface area contributed by atoms with Gasteiger partial charge in [0.25, 0.3) is 0 Å². The van der Waals surface area contributed by atoms with Crippen LogP contribution in [0.1, 0.15) is 37.3 Å². The predicted molar refractivity (Wildman–Crippen MR) is 103 cm³/mol. The summed E-state index contributed by atoms with van der Waals surface area (Å²) in [7, 11) is 0. The normalized spacial score (nSPS) is 14.6. The third-order valence-corrected chi connectivity index (χ3v) is 5.34. The zero-order valence-electron chi connectivity index (χ0n) is 15.5. The molecule has 1 aliphatic heterocycles. The molecule has 2 aromatic carbocycles. The molecule has 3 rings (SSSR count). The molecule has 1 aliphatic rings. The van der Waals surface area contributed by atoms with Crippen LogP contribution >= 0.6 is 11.8 Å². The summed E-state index contributed by atoms with van der Waals surface area (Å²) in [5.74, 6) is 0. The van der Waals surface area contributed by atoms with Crippen molar-refractivity contribution in [3.8, 4) is 0 Å². The van der Waals surface area contributed by atoms with Gasteiger partial charge in [-0.3, -0.25) is 0 Å². The van der Waals surface area contributed by atoms with Crippen LogP contribution in [0.3, 0.4) is 0 Å². The maximum absolute atomic E-state index is 2.30. The van der Waals surface area contributed by atoms with Crippen molar-refractivity contribution in [2.24, 2.45) is 0 Å². The van der Waals surface area contributed by atoms with Gasteiger partial charge in [0.2, 0.25) is 0 Å². The van der Waals surface area contributed by atoms with Gasteiger partial charge >= 0.3 is 22.4 Å². The smallest absolute Gasteiger partial charge is 1.00 e. The first-order chi connectivity index (χ1) is 11.4. The number of thioether (sulfide) groups is 1. The molecule has 0 aromatic heterocycles. The summed E-state index contributed by atoms with van der Waals surface area (Å²) in [5, 5.41) is 0.220. The van der Waals surface area contributed by atoms with E-state index in [2.05, 4.69) is 111 Å².